The van der Waals surface area contributed by atoms with Crippen molar-refractivity contribution in [2.75, 3.05) is 11.9 Å². The molecule has 1 atom stereocenters. The van der Waals surface area contributed by atoms with E-state index in [9.17, 15) is 9.59 Å². The molecule has 3 heterocycles. The molecule has 0 saturated heterocycles. The average molecular weight is 439 g/mol. The molecule has 0 aliphatic rings. The first-order valence-electron chi connectivity index (χ1n) is 9.87. The van der Waals surface area contributed by atoms with Gasteiger partial charge in [0.2, 0.25) is 0 Å². The maximum atomic E-state index is 12.9. The van der Waals surface area contributed by atoms with Crippen LogP contribution >= 0.6 is 11.3 Å². The van der Waals surface area contributed by atoms with Crippen molar-refractivity contribution in [2.45, 2.75) is 26.8 Å². The number of nitrogens with one attached hydrogen (secondary N) is 2. The van der Waals surface area contributed by atoms with E-state index in [2.05, 4.69) is 10.6 Å². The predicted molar refractivity (Wildman–Crippen MR) is 119 cm³/mol. The molecule has 0 aliphatic carbocycles. The standard InChI is InChI=1S/C23H22N2O5S/c1-4-28-16-8-5-7-15-12-18(30-20(15)16)14(3)24-23(27)21-13(2)11-19(31-21)25-22(26)17-9-6-10-29-17/h5-12,14H,4H2,1-3H3,(H,24,27)(H,25,26). The molecule has 4 rings (SSSR count). The van der Waals surface area contributed by atoms with Gasteiger partial charge in [-0.15, -0.1) is 11.3 Å². The van der Waals surface area contributed by atoms with Gasteiger partial charge >= 0.3 is 0 Å². The van der Waals surface area contributed by atoms with Gasteiger partial charge in [-0.25, -0.2) is 0 Å². The second-order valence-electron chi connectivity index (χ2n) is 7.01. The fourth-order valence-corrected chi connectivity index (χ4v) is 4.19. The first-order chi connectivity index (χ1) is 15.0. The molecule has 8 heteroatoms. The summed E-state index contributed by atoms with van der Waals surface area (Å²) in [7, 11) is 0. The molecule has 7 nitrogen and oxygen atoms in total. The van der Waals surface area contributed by atoms with Gasteiger partial charge in [0.1, 0.15) is 5.76 Å². The molecule has 0 radical (unpaired) electrons. The van der Waals surface area contributed by atoms with E-state index in [0.717, 1.165) is 10.9 Å². The van der Waals surface area contributed by atoms with E-state index in [1.54, 1.807) is 18.2 Å². The van der Waals surface area contributed by atoms with Gasteiger partial charge in [0.25, 0.3) is 11.8 Å². The number of thiophene rings is 1. The first-order valence-corrected chi connectivity index (χ1v) is 10.7. The number of anilines is 1. The van der Waals surface area contributed by atoms with Crippen molar-refractivity contribution in [2.24, 2.45) is 0 Å². The van der Waals surface area contributed by atoms with E-state index >= 15 is 0 Å². The van der Waals surface area contributed by atoms with Gasteiger partial charge < -0.3 is 24.2 Å². The molecule has 0 bridgehead atoms. The SMILES string of the molecule is CCOc1cccc2cc(C(C)NC(=O)c3sc(NC(=O)c4ccco4)cc3C)oc12. The zero-order valence-electron chi connectivity index (χ0n) is 17.4. The number of carbonyl (C=O) groups excluding carboxylic acids is 2. The van der Waals surface area contributed by atoms with Gasteiger partial charge in [0, 0.05) is 5.39 Å². The molecule has 4 aromatic rings. The summed E-state index contributed by atoms with van der Waals surface area (Å²) >= 11 is 1.21. The Balaban J connectivity index is 1.48. The van der Waals surface area contributed by atoms with Crippen molar-refractivity contribution in [3.63, 3.8) is 0 Å². The molecule has 2 N–H and O–H groups in total. The zero-order chi connectivity index (χ0) is 22.0. The van der Waals surface area contributed by atoms with Crippen LogP contribution in [0.25, 0.3) is 11.0 Å². The van der Waals surface area contributed by atoms with Crippen molar-refractivity contribution in [3.8, 4) is 5.75 Å². The van der Waals surface area contributed by atoms with Gasteiger partial charge in [0.05, 0.1) is 28.8 Å². The highest BCUT2D eigenvalue weighted by Crippen LogP contribution is 2.32. The summed E-state index contributed by atoms with van der Waals surface area (Å²) in [5.41, 5.74) is 1.43. The number of aryl methyl sites for hydroxylation is 1. The summed E-state index contributed by atoms with van der Waals surface area (Å²) in [5, 5.41) is 7.21. The number of ether oxygens (including phenoxy) is 1. The molecule has 160 valence electrons. The number of fused-ring (bicyclic) bond motifs is 1. The van der Waals surface area contributed by atoms with E-state index < -0.39 is 0 Å². The van der Waals surface area contributed by atoms with Gasteiger partial charge in [-0.05, 0) is 56.7 Å². The van der Waals surface area contributed by atoms with Crippen LogP contribution in [0.1, 0.15) is 51.4 Å². The first kappa shape index (κ1) is 20.7. The zero-order valence-corrected chi connectivity index (χ0v) is 18.2. The summed E-state index contributed by atoms with van der Waals surface area (Å²) in [6.07, 6.45) is 1.43. The van der Waals surface area contributed by atoms with E-state index in [-0.39, 0.29) is 23.6 Å². The summed E-state index contributed by atoms with van der Waals surface area (Å²) in [5.74, 6) is 0.923. The van der Waals surface area contributed by atoms with Crippen molar-refractivity contribution in [1.82, 2.24) is 5.32 Å². The van der Waals surface area contributed by atoms with Crippen molar-refractivity contribution < 1.29 is 23.2 Å². The smallest absolute Gasteiger partial charge is 0.291 e. The van der Waals surface area contributed by atoms with E-state index in [1.807, 2.05) is 45.0 Å². The molecular weight excluding hydrogens is 416 g/mol. The Hall–Kier alpha value is -3.52. The van der Waals surface area contributed by atoms with Crippen LogP contribution in [0.4, 0.5) is 5.00 Å². The number of benzene rings is 1. The number of carbonyl (C=O) groups is 2. The minimum Gasteiger partial charge on any atom is -0.490 e. The average Bonchev–Trinajstić information content (AvgIpc) is 3.48. The largest absolute Gasteiger partial charge is 0.490 e. The minimum absolute atomic E-state index is 0.210. The van der Waals surface area contributed by atoms with Crippen molar-refractivity contribution >= 4 is 39.1 Å². The Kier molecular flexibility index (Phi) is 5.81. The lowest BCUT2D eigenvalue weighted by molar-refractivity contribution is 0.0938. The summed E-state index contributed by atoms with van der Waals surface area (Å²) in [4.78, 5) is 25.6. The Bertz CT molecular complexity index is 1220. The van der Waals surface area contributed by atoms with Crippen molar-refractivity contribution in [1.29, 1.82) is 0 Å². The van der Waals surface area contributed by atoms with Crippen LogP contribution in [0.2, 0.25) is 0 Å². The molecule has 0 saturated carbocycles. The lowest BCUT2D eigenvalue weighted by Crippen LogP contribution is -2.26. The highest BCUT2D eigenvalue weighted by Gasteiger charge is 2.21. The van der Waals surface area contributed by atoms with Crippen LogP contribution in [0.15, 0.2) is 57.6 Å². The van der Waals surface area contributed by atoms with Gasteiger partial charge in [-0.1, -0.05) is 12.1 Å². The Morgan fingerprint density at radius 1 is 1.16 bits per heavy atom. The quantitative estimate of drug-likeness (QED) is 0.395. The summed E-state index contributed by atoms with van der Waals surface area (Å²) in [6, 6.07) is 12.2. The predicted octanol–water partition coefficient (Wildman–Crippen LogP) is 5.54. The molecule has 1 unspecified atom stereocenters. The van der Waals surface area contributed by atoms with Crippen LogP contribution in [0.5, 0.6) is 5.75 Å². The monoisotopic (exact) mass is 438 g/mol. The fraction of sp³-hybridized carbons (Fsp3) is 0.217. The Morgan fingerprint density at radius 3 is 2.74 bits per heavy atom. The van der Waals surface area contributed by atoms with Gasteiger partial charge in [0.15, 0.2) is 17.1 Å². The number of amides is 2. The summed E-state index contributed by atoms with van der Waals surface area (Å²) < 4.78 is 16.7. The number of rotatable bonds is 7. The maximum Gasteiger partial charge on any atom is 0.291 e. The lowest BCUT2D eigenvalue weighted by atomic mass is 10.2. The van der Waals surface area contributed by atoms with E-state index in [4.69, 9.17) is 13.6 Å². The maximum absolute atomic E-state index is 12.9. The molecule has 0 aliphatic heterocycles. The van der Waals surface area contributed by atoms with Crippen LogP contribution in [0.3, 0.4) is 0 Å². The molecular formula is C23H22N2O5S. The van der Waals surface area contributed by atoms with E-state index in [0.29, 0.717) is 33.6 Å². The number of hydrogen-bond donors (Lipinski definition) is 2. The third kappa shape index (κ3) is 4.34. The second-order valence-corrected chi connectivity index (χ2v) is 8.06. The van der Waals surface area contributed by atoms with E-state index in [1.165, 1.54) is 17.6 Å². The molecule has 0 fully saturated rings. The molecule has 3 aromatic heterocycles. The summed E-state index contributed by atoms with van der Waals surface area (Å²) in [6.45, 7) is 6.14. The number of hydrogen-bond acceptors (Lipinski definition) is 6. The molecule has 2 amide bonds. The lowest BCUT2D eigenvalue weighted by Gasteiger charge is -2.11. The number of para-hydroxylation sites is 1. The number of furan rings is 2. The third-order valence-electron chi connectivity index (χ3n) is 4.71. The second kappa shape index (κ2) is 8.69. The fourth-order valence-electron chi connectivity index (χ4n) is 3.22. The van der Waals surface area contributed by atoms with Crippen LogP contribution in [-0.4, -0.2) is 18.4 Å². The van der Waals surface area contributed by atoms with Crippen LogP contribution in [0, 0.1) is 6.92 Å². The Morgan fingerprint density at radius 2 is 2.00 bits per heavy atom. The third-order valence-corrected chi connectivity index (χ3v) is 5.86. The highest BCUT2D eigenvalue weighted by molar-refractivity contribution is 7.18. The van der Waals surface area contributed by atoms with Gasteiger partial charge in [-0.3, -0.25) is 9.59 Å². The molecule has 1 aromatic carbocycles. The normalized spacial score (nSPS) is 12.0. The molecule has 0 spiro atoms. The Labute approximate surface area is 183 Å². The van der Waals surface area contributed by atoms with Crippen LogP contribution < -0.4 is 15.4 Å². The highest BCUT2D eigenvalue weighted by atomic mass is 32.1. The van der Waals surface area contributed by atoms with Crippen molar-refractivity contribution in [3.05, 3.63) is 70.7 Å². The minimum atomic E-state index is -0.362. The van der Waals surface area contributed by atoms with Gasteiger partial charge in [-0.2, -0.15) is 0 Å². The van der Waals surface area contributed by atoms with Crippen LogP contribution in [-0.2, 0) is 0 Å². The topological polar surface area (TPSA) is 93.7 Å². The molecule has 31 heavy (non-hydrogen) atoms.